The van der Waals surface area contributed by atoms with E-state index in [2.05, 4.69) is 74.3 Å². The third-order valence-corrected chi connectivity index (χ3v) is 3.77. The first-order valence-electron chi connectivity index (χ1n) is 7.28. The number of H-pyrrole nitrogens is 1. The second-order valence-corrected chi connectivity index (χ2v) is 5.32. The number of fused-ring (bicyclic) bond motifs is 1. The van der Waals surface area contributed by atoms with Crippen LogP contribution in [-0.2, 0) is 13.0 Å². The van der Waals surface area contributed by atoms with Gasteiger partial charge < -0.3 is 10.2 Å². The van der Waals surface area contributed by atoms with Crippen molar-refractivity contribution in [2.24, 2.45) is 0 Å². The Kier molecular flexibility index (Phi) is 4.25. The molecule has 110 valence electrons. The van der Waals surface area contributed by atoms with Gasteiger partial charge in [0.1, 0.15) is 0 Å². The number of hydrogen-bond donors (Lipinski definition) is 2. The molecule has 0 amide bonds. The fraction of sp³-hybridized carbons (Fsp3) is 0.400. The average molecular weight is 284 g/mol. The summed E-state index contributed by atoms with van der Waals surface area (Å²) in [6, 6.07) is 8.99. The molecule has 1 aliphatic rings. The van der Waals surface area contributed by atoms with Crippen molar-refractivity contribution < 1.29 is 0 Å². The van der Waals surface area contributed by atoms with Crippen LogP contribution in [0.1, 0.15) is 23.9 Å². The molecule has 2 heterocycles. The van der Waals surface area contributed by atoms with E-state index in [4.69, 9.17) is 0 Å². The van der Waals surface area contributed by atoms with Gasteiger partial charge in [-0.3, -0.25) is 0 Å². The fourth-order valence-corrected chi connectivity index (χ4v) is 2.49. The van der Waals surface area contributed by atoms with Crippen molar-refractivity contribution >= 4 is 6.08 Å². The van der Waals surface area contributed by atoms with Gasteiger partial charge in [0.25, 0.3) is 0 Å². The normalized spacial score (nSPS) is 15.0. The lowest BCUT2D eigenvalue weighted by Gasteiger charge is -2.31. The maximum atomic E-state index is 3.94. The van der Waals surface area contributed by atoms with Crippen LogP contribution in [0.5, 0.6) is 0 Å². The first kappa shape index (κ1) is 13.8. The van der Waals surface area contributed by atoms with Crippen LogP contribution in [0.25, 0.3) is 6.08 Å². The molecule has 0 aliphatic carbocycles. The fourth-order valence-electron chi connectivity index (χ4n) is 2.49. The Hall–Kier alpha value is -2.21. The highest BCUT2D eigenvalue weighted by Crippen LogP contribution is 2.20. The van der Waals surface area contributed by atoms with E-state index in [1.807, 2.05) is 0 Å². The summed E-state index contributed by atoms with van der Waals surface area (Å²) < 4.78 is 0. The third kappa shape index (κ3) is 3.46. The molecule has 6 heteroatoms. The molecular formula is C15H20N6. The molecule has 1 aliphatic heterocycles. The summed E-state index contributed by atoms with van der Waals surface area (Å²) in [5.41, 5.74) is 2.71. The third-order valence-electron chi connectivity index (χ3n) is 3.77. The van der Waals surface area contributed by atoms with Gasteiger partial charge in [-0.25, -0.2) is 0 Å². The summed E-state index contributed by atoms with van der Waals surface area (Å²) in [6.07, 6.45) is 5.17. The molecule has 0 spiro atoms. The predicted octanol–water partition coefficient (Wildman–Crippen LogP) is 1.21. The van der Waals surface area contributed by atoms with E-state index in [9.17, 15) is 0 Å². The summed E-state index contributed by atoms with van der Waals surface area (Å²) in [6.45, 7) is 5.00. The highest BCUT2D eigenvalue weighted by atomic mass is 15.5. The zero-order valence-electron chi connectivity index (χ0n) is 12.2. The van der Waals surface area contributed by atoms with Crippen molar-refractivity contribution in [3.63, 3.8) is 0 Å². The van der Waals surface area contributed by atoms with Gasteiger partial charge in [-0.05, 0) is 24.1 Å². The van der Waals surface area contributed by atoms with E-state index in [1.165, 1.54) is 11.1 Å². The molecule has 0 fully saturated rings. The number of tetrazole rings is 1. The van der Waals surface area contributed by atoms with Gasteiger partial charge in [-0.1, -0.05) is 29.5 Å². The van der Waals surface area contributed by atoms with E-state index in [-0.39, 0.29) is 0 Å². The molecule has 0 saturated heterocycles. The van der Waals surface area contributed by atoms with E-state index < -0.39 is 0 Å². The molecule has 1 aromatic heterocycles. The van der Waals surface area contributed by atoms with E-state index >= 15 is 0 Å². The maximum Gasteiger partial charge on any atom is 0.175 e. The highest BCUT2D eigenvalue weighted by molar-refractivity contribution is 5.55. The summed E-state index contributed by atoms with van der Waals surface area (Å²) >= 11 is 0. The standard InChI is InChI=1S/C15H20N6/c1-12(10-16-8-6-15-17-19-20-18-15)21-9-7-13-4-2-3-5-14(13)11-21/h2-5,7,9,12,16H,6,8,10-11H2,1H3,(H,17,18,19,20)/t12-/m1/s1. The van der Waals surface area contributed by atoms with Crippen LogP contribution in [0.3, 0.4) is 0 Å². The predicted molar refractivity (Wildman–Crippen MR) is 81.2 cm³/mol. The van der Waals surface area contributed by atoms with Crippen molar-refractivity contribution in [3.8, 4) is 0 Å². The quantitative estimate of drug-likeness (QED) is 0.780. The second kappa shape index (κ2) is 6.49. The maximum absolute atomic E-state index is 3.94. The molecule has 0 saturated carbocycles. The lowest BCUT2D eigenvalue weighted by molar-refractivity contribution is 0.275. The largest absolute Gasteiger partial charge is 0.369 e. The number of nitrogens with one attached hydrogen (secondary N) is 2. The smallest absolute Gasteiger partial charge is 0.175 e. The second-order valence-electron chi connectivity index (χ2n) is 5.32. The van der Waals surface area contributed by atoms with Crippen molar-refractivity contribution in [3.05, 3.63) is 47.4 Å². The van der Waals surface area contributed by atoms with Crippen LogP contribution >= 0.6 is 0 Å². The molecule has 6 nitrogen and oxygen atoms in total. The minimum atomic E-state index is 0.444. The van der Waals surface area contributed by atoms with E-state index in [1.54, 1.807) is 0 Å². The number of hydrogen-bond acceptors (Lipinski definition) is 5. The minimum Gasteiger partial charge on any atom is -0.369 e. The molecule has 3 rings (SSSR count). The van der Waals surface area contributed by atoms with Crippen molar-refractivity contribution in [2.75, 3.05) is 13.1 Å². The zero-order chi connectivity index (χ0) is 14.5. The van der Waals surface area contributed by atoms with Gasteiger partial charge in [0.2, 0.25) is 0 Å². The molecule has 0 radical (unpaired) electrons. The average Bonchev–Trinajstić information content (AvgIpc) is 3.04. The molecule has 0 unspecified atom stereocenters. The molecular weight excluding hydrogens is 264 g/mol. The van der Waals surface area contributed by atoms with Crippen molar-refractivity contribution in [1.29, 1.82) is 0 Å². The summed E-state index contributed by atoms with van der Waals surface area (Å²) in [5.74, 6) is 0.752. The lowest BCUT2D eigenvalue weighted by atomic mass is 10.0. The highest BCUT2D eigenvalue weighted by Gasteiger charge is 2.15. The molecule has 21 heavy (non-hydrogen) atoms. The van der Waals surface area contributed by atoms with Crippen LogP contribution in [-0.4, -0.2) is 44.7 Å². The number of aromatic amines is 1. The van der Waals surface area contributed by atoms with Gasteiger partial charge in [-0.15, -0.1) is 10.2 Å². The Bertz CT molecular complexity index is 592. The van der Waals surface area contributed by atoms with Gasteiger partial charge in [-0.2, -0.15) is 5.21 Å². The van der Waals surface area contributed by atoms with Gasteiger partial charge in [0, 0.05) is 38.3 Å². The first-order valence-corrected chi connectivity index (χ1v) is 7.28. The van der Waals surface area contributed by atoms with E-state index in [0.717, 1.165) is 31.9 Å². The van der Waals surface area contributed by atoms with Crippen molar-refractivity contribution in [2.45, 2.75) is 25.9 Å². The lowest BCUT2D eigenvalue weighted by Crippen LogP contribution is -2.38. The summed E-state index contributed by atoms with van der Waals surface area (Å²) in [7, 11) is 0. The van der Waals surface area contributed by atoms with Crippen molar-refractivity contribution in [1.82, 2.24) is 30.8 Å². The molecule has 2 aromatic rings. The number of rotatable bonds is 6. The number of nitrogens with zero attached hydrogens (tertiary/aromatic N) is 4. The molecule has 1 aromatic carbocycles. The molecule has 2 N–H and O–H groups in total. The van der Waals surface area contributed by atoms with Crippen LogP contribution in [0.2, 0.25) is 0 Å². The number of benzene rings is 1. The Labute approximate surface area is 124 Å². The van der Waals surface area contributed by atoms with Crippen LogP contribution in [0.4, 0.5) is 0 Å². The monoisotopic (exact) mass is 284 g/mol. The van der Waals surface area contributed by atoms with Crippen LogP contribution in [0, 0.1) is 0 Å². The summed E-state index contributed by atoms with van der Waals surface area (Å²) in [5, 5.41) is 17.3. The first-order chi connectivity index (χ1) is 10.3. The Morgan fingerprint density at radius 2 is 2.29 bits per heavy atom. The van der Waals surface area contributed by atoms with Crippen LogP contribution in [0.15, 0.2) is 30.5 Å². The molecule has 0 bridgehead atoms. The Balaban J connectivity index is 1.45. The minimum absolute atomic E-state index is 0.444. The zero-order valence-corrected chi connectivity index (χ0v) is 12.2. The van der Waals surface area contributed by atoms with Gasteiger partial charge in [0.05, 0.1) is 0 Å². The number of aromatic nitrogens is 4. The summed E-state index contributed by atoms with van der Waals surface area (Å²) in [4.78, 5) is 2.36. The van der Waals surface area contributed by atoms with Gasteiger partial charge in [0.15, 0.2) is 5.82 Å². The topological polar surface area (TPSA) is 69.7 Å². The van der Waals surface area contributed by atoms with Gasteiger partial charge >= 0.3 is 0 Å². The molecule has 1 atom stereocenters. The Morgan fingerprint density at radius 1 is 1.38 bits per heavy atom. The van der Waals surface area contributed by atoms with E-state index in [0.29, 0.717) is 6.04 Å². The Morgan fingerprint density at radius 3 is 3.14 bits per heavy atom. The SMILES string of the molecule is C[C@H](CNCCc1nn[nH]n1)N1C=Cc2ccccc2C1. The van der Waals surface area contributed by atoms with Crippen LogP contribution < -0.4 is 5.32 Å².